The lowest BCUT2D eigenvalue weighted by molar-refractivity contribution is -0.384. The Morgan fingerprint density at radius 2 is 2.00 bits per heavy atom. The van der Waals surface area contributed by atoms with Crippen LogP contribution in [-0.2, 0) is 0 Å². The van der Waals surface area contributed by atoms with Crippen LogP contribution in [0.2, 0.25) is 0 Å². The van der Waals surface area contributed by atoms with Gasteiger partial charge >= 0.3 is 0 Å². The van der Waals surface area contributed by atoms with Gasteiger partial charge in [-0.1, -0.05) is 18.2 Å². The minimum atomic E-state index is -0.528. The van der Waals surface area contributed by atoms with Crippen LogP contribution in [0, 0.1) is 10.1 Å². The quantitative estimate of drug-likeness (QED) is 0.312. The van der Waals surface area contributed by atoms with Crippen molar-refractivity contribution in [1.29, 1.82) is 0 Å². The van der Waals surface area contributed by atoms with Gasteiger partial charge in [-0.05, 0) is 23.6 Å². The molecule has 0 amide bonds. The molecule has 0 radical (unpaired) electrons. The van der Waals surface area contributed by atoms with Crippen LogP contribution in [0.15, 0.2) is 53.9 Å². The average Bonchev–Trinajstić information content (AvgIpc) is 3.29. The number of hydrogen-bond donors (Lipinski definition) is 1. The predicted molar refractivity (Wildman–Crippen MR) is 104 cm³/mol. The Labute approximate surface area is 155 Å². The second-order valence-electron chi connectivity index (χ2n) is 5.51. The first-order valence-electron chi connectivity index (χ1n) is 7.56. The van der Waals surface area contributed by atoms with Crippen molar-refractivity contribution >= 4 is 50.0 Å². The minimum absolute atomic E-state index is 0.131. The Morgan fingerprint density at radius 3 is 2.73 bits per heavy atom. The number of hydrogen-bond acceptors (Lipinski definition) is 7. The van der Waals surface area contributed by atoms with Gasteiger partial charge in [0, 0.05) is 23.1 Å². The van der Waals surface area contributed by atoms with Crippen molar-refractivity contribution in [3.05, 3.63) is 74.5 Å². The van der Waals surface area contributed by atoms with Crippen LogP contribution < -0.4 is 5.73 Å². The first kappa shape index (κ1) is 16.4. The number of benzene rings is 1. The summed E-state index contributed by atoms with van der Waals surface area (Å²) >= 11 is 2.78. The van der Waals surface area contributed by atoms with Gasteiger partial charge in [-0.3, -0.25) is 14.9 Å². The molecule has 2 N–H and O–H groups in total. The molecule has 0 saturated carbocycles. The largest absolute Gasteiger partial charge is 0.397 e. The van der Waals surface area contributed by atoms with Crippen LogP contribution in [0.1, 0.15) is 15.2 Å². The number of anilines is 1. The van der Waals surface area contributed by atoms with Gasteiger partial charge in [0.1, 0.15) is 9.71 Å². The van der Waals surface area contributed by atoms with Crippen LogP contribution in [0.5, 0.6) is 0 Å². The van der Waals surface area contributed by atoms with Crippen LogP contribution in [-0.4, -0.2) is 15.7 Å². The fourth-order valence-electron chi connectivity index (χ4n) is 2.62. The summed E-state index contributed by atoms with van der Waals surface area (Å²) in [6.45, 7) is 0. The van der Waals surface area contributed by atoms with Crippen LogP contribution in [0.3, 0.4) is 0 Å². The van der Waals surface area contributed by atoms with Crippen molar-refractivity contribution < 1.29 is 9.72 Å². The zero-order valence-electron chi connectivity index (χ0n) is 13.2. The van der Waals surface area contributed by atoms with Gasteiger partial charge in [-0.25, -0.2) is 4.98 Å². The van der Waals surface area contributed by atoms with E-state index in [-0.39, 0.29) is 17.0 Å². The van der Waals surface area contributed by atoms with Crippen molar-refractivity contribution in [1.82, 2.24) is 4.98 Å². The summed E-state index contributed by atoms with van der Waals surface area (Å²) in [6.07, 6.45) is 0. The highest BCUT2D eigenvalue weighted by molar-refractivity contribution is 7.21. The minimum Gasteiger partial charge on any atom is -0.397 e. The maximum Gasteiger partial charge on any atom is 0.270 e. The molecule has 1 aromatic carbocycles. The molecule has 6 nitrogen and oxygen atoms in total. The maximum atomic E-state index is 12.8. The summed E-state index contributed by atoms with van der Waals surface area (Å²) in [5, 5.41) is 13.6. The fourth-order valence-corrected chi connectivity index (χ4v) is 4.37. The van der Waals surface area contributed by atoms with E-state index in [0.29, 0.717) is 20.8 Å². The number of nitrogens with zero attached hydrogens (tertiary/aromatic N) is 2. The van der Waals surface area contributed by atoms with Crippen LogP contribution >= 0.6 is 22.7 Å². The number of rotatable bonds is 4. The highest BCUT2D eigenvalue weighted by Crippen LogP contribution is 2.36. The second-order valence-corrected chi connectivity index (χ2v) is 7.45. The van der Waals surface area contributed by atoms with E-state index in [1.165, 1.54) is 29.5 Å². The van der Waals surface area contributed by atoms with Gasteiger partial charge in [0.15, 0.2) is 0 Å². The highest BCUT2D eigenvalue weighted by Gasteiger charge is 2.21. The number of aromatic nitrogens is 1. The average molecular weight is 381 g/mol. The van der Waals surface area contributed by atoms with E-state index in [2.05, 4.69) is 4.98 Å². The molecule has 0 unspecified atom stereocenters. The Kier molecular flexibility index (Phi) is 3.98. The number of non-ortho nitro benzene ring substituents is 1. The highest BCUT2D eigenvalue weighted by atomic mass is 32.1. The van der Waals surface area contributed by atoms with Gasteiger partial charge in [-0.2, -0.15) is 0 Å². The molecule has 4 rings (SSSR count). The molecular formula is C18H11N3O3S2. The molecule has 3 heterocycles. The predicted octanol–water partition coefficient (Wildman–Crippen LogP) is 4.75. The molecule has 0 aliphatic rings. The number of nitro groups is 1. The summed E-state index contributed by atoms with van der Waals surface area (Å²) in [4.78, 5) is 29.9. The molecule has 0 aliphatic carbocycles. The zero-order valence-corrected chi connectivity index (χ0v) is 14.8. The Balaban J connectivity index is 1.79. The van der Waals surface area contributed by atoms with E-state index < -0.39 is 4.92 Å². The topological polar surface area (TPSA) is 99.1 Å². The molecule has 4 aromatic rings. The van der Waals surface area contributed by atoms with E-state index in [1.807, 2.05) is 29.6 Å². The van der Waals surface area contributed by atoms with Crippen molar-refractivity contribution in [3.63, 3.8) is 0 Å². The molecule has 0 fully saturated rings. The fraction of sp³-hybridized carbons (Fsp3) is 0. The number of nitro benzene ring substituents is 1. The molecule has 0 bridgehead atoms. The third-order valence-electron chi connectivity index (χ3n) is 3.89. The van der Waals surface area contributed by atoms with E-state index in [9.17, 15) is 14.9 Å². The van der Waals surface area contributed by atoms with Crippen LogP contribution in [0.25, 0.3) is 20.8 Å². The molecule has 3 aromatic heterocycles. The lowest BCUT2D eigenvalue weighted by atomic mass is 10.1. The Bertz CT molecular complexity index is 1150. The van der Waals surface area contributed by atoms with Crippen molar-refractivity contribution in [2.75, 3.05) is 5.73 Å². The number of thiophene rings is 2. The van der Waals surface area contributed by atoms with Gasteiger partial charge < -0.3 is 5.73 Å². The Hall–Kier alpha value is -3.10. The van der Waals surface area contributed by atoms with E-state index in [1.54, 1.807) is 17.4 Å². The summed E-state index contributed by atoms with van der Waals surface area (Å²) < 4.78 is 0. The van der Waals surface area contributed by atoms with Crippen molar-refractivity contribution in [2.45, 2.75) is 0 Å². The lowest BCUT2D eigenvalue weighted by Gasteiger charge is -2.00. The number of nitrogen functional groups attached to an aromatic ring is 1. The Morgan fingerprint density at radius 1 is 1.15 bits per heavy atom. The summed E-state index contributed by atoms with van der Waals surface area (Å²) in [5.41, 5.74) is 7.44. The maximum absolute atomic E-state index is 12.8. The third-order valence-corrected chi connectivity index (χ3v) is 5.90. The zero-order chi connectivity index (χ0) is 18.3. The summed E-state index contributed by atoms with van der Waals surface area (Å²) in [7, 11) is 0. The third kappa shape index (κ3) is 2.75. The number of carbonyl (C=O) groups is 1. The first-order valence-corrected chi connectivity index (χ1v) is 9.26. The molecule has 0 atom stereocenters. The summed E-state index contributed by atoms with van der Waals surface area (Å²) in [5.74, 6) is -0.341. The number of ketones is 1. The molecule has 0 aliphatic heterocycles. The summed E-state index contributed by atoms with van der Waals surface area (Å²) in [6, 6.07) is 13.3. The number of nitrogens with two attached hydrogens (primary N) is 1. The lowest BCUT2D eigenvalue weighted by Crippen LogP contribution is -2.02. The van der Waals surface area contributed by atoms with E-state index in [4.69, 9.17) is 5.73 Å². The van der Waals surface area contributed by atoms with Crippen LogP contribution in [0.4, 0.5) is 11.4 Å². The monoisotopic (exact) mass is 381 g/mol. The van der Waals surface area contributed by atoms with Crippen molar-refractivity contribution in [2.24, 2.45) is 0 Å². The number of pyridine rings is 1. The van der Waals surface area contributed by atoms with Gasteiger partial charge in [0.05, 0.1) is 21.2 Å². The molecule has 26 heavy (non-hydrogen) atoms. The first-order chi connectivity index (χ1) is 12.5. The SMILES string of the molecule is Nc1c(C(=O)c2cccc([N+](=O)[O-])c2)sc2nc(-c3cccs3)ccc12. The molecule has 8 heteroatoms. The van der Waals surface area contributed by atoms with Gasteiger partial charge in [0.25, 0.3) is 5.69 Å². The molecule has 128 valence electrons. The normalized spacial score (nSPS) is 10.9. The van der Waals surface area contributed by atoms with Crippen molar-refractivity contribution in [3.8, 4) is 10.6 Å². The molecule has 0 spiro atoms. The van der Waals surface area contributed by atoms with Gasteiger partial charge in [-0.15, -0.1) is 22.7 Å². The second kappa shape index (κ2) is 6.32. The van der Waals surface area contributed by atoms with E-state index >= 15 is 0 Å². The van der Waals surface area contributed by atoms with Gasteiger partial charge in [0.2, 0.25) is 5.78 Å². The smallest absolute Gasteiger partial charge is 0.270 e. The number of fused-ring (bicyclic) bond motifs is 1. The van der Waals surface area contributed by atoms with E-state index in [0.717, 1.165) is 10.6 Å². The molecule has 0 saturated heterocycles. The number of carbonyl (C=O) groups excluding carboxylic acids is 1. The molecular weight excluding hydrogens is 370 g/mol. The standard InChI is InChI=1S/C18H11N3O3S2/c19-15-12-6-7-13(14-5-2-8-25-14)20-18(12)26-17(15)16(22)10-3-1-4-11(9-10)21(23)24/h1-9H,19H2.